The van der Waals surface area contributed by atoms with Crippen molar-refractivity contribution in [3.05, 3.63) is 11.6 Å². The van der Waals surface area contributed by atoms with Crippen molar-refractivity contribution in [3.8, 4) is 0 Å². The van der Waals surface area contributed by atoms with Gasteiger partial charge in [-0.05, 0) is 67.6 Å². The molecule has 4 saturated carbocycles. The molecule has 2 nitrogen and oxygen atoms in total. The number of rotatable bonds is 2. The zero-order chi connectivity index (χ0) is 13.1. The molecule has 4 fully saturated rings. The number of hydrogen-bond donors (Lipinski definition) is 1. The van der Waals surface area contributed by atoms with E-state index in [2.05, 4.69) is 19.9 Å². The van der Waals surface area contributed by atoms with E-state index < -0.39 is 5.97 Å². The summed E-state index contributed by atoms with van der Waals surface area (Å²) in [5.74, 6) is 1.38. The maximum Gasteiger partial charge on any atom is 0.330 e. The lowest BCUT2D eigenvalue weighted by atomic mass is 9.41. The molecule has 4 aliphatic carbocycles. The van der Waals surface area contributed by atoms with Gasteiger partial charge in [0.1, 0.15) is 0 Å². The molecule has 0 aromatic rings. The third-order valence-electron chi connectivity index (χ3n) is 5.84. The summed E-state index contributed by atoms with van der Waals surface area (Å²) in [4.78, 5) is 11.1. The molecule has 100 valence electrons. The van der Waals surface area contributed by atoms with Crippen LogP contribution in [0, 0.1) is 28.6 Å². The fourth-order valence-corrected chi connectivity index (χ4v) is 5.79. The Balaban J connectivity index is 1.94. The van der Waals surface area contributed by atoms with Gasteiger partial charge in [0.05, 0.1) is 0 Å². The van der Waals surface area contributed by atoms with Gasteiger partial charge < -0.3 is 5.11 Å². The molecule has 5 unspecified atom stereocenters. The average Bonchev–Trinajstić information content (AvgIpc) is 2.19. The van der Waals surface area contributed by atoms with E-state index in [1.165, 1.54) is 32.1 Å². The highest BCUT2D eigenvalue weighted by Gasteiger charge is 2.58. The molecule has 4 bridgehead atoms. The Hall–Kier alpha value is -0.790. The number of carbonyl (C=O) groups is 1. The van der Waals surface area contributed by atoms with Crippen LogP contribution in [-0.2, 0) is 4.79 Å². The molecule has 0 heterocycles. The van der Waals surface area contributed by atoms with Gasteiger partial charge in [0.15, 0.2) is 0 Å². The molecule has 18 heavy (non-hydrogen) atoms. The molecule has 0 amide bonds. The van der Waals surface area contributed by atoms with Gasteiger partial charge >= 0.3 is 5.97 Å². The van der Waals surface area contributed by atoms with Crippen LogP contribution in [0.15, 0.2) is 11.6 Å². The van der Waals surface area contributed by atoms with Gasteiger partial charge in [-0.25, -0.2) is 4.79 Å². The number of carboxylic acid groups (broad SMARTS) is 1. The van der Waals surface area contributed by atoms with Crippen molar-refractivity contribution < 1.29 is 9.90 Å². The molecule has 0 aromatic carbocycles. The van der Waals surface area contributed by atoms with Crippen LogP contribution in [0.25, 0.3) is 0 Å². The molecule has 2 heteroatoms. The summed E-state index contributed by atoms with van der Waals surface area (Å²) in [5.41, 5.74) is 1.44. The zero-order valence-electron chi connectivity index (χ0n) is 11.7. The van der Waals surface area contributed by atoms with Crippen LogP contribution in [0.5, 0.6) is 0 Å². The predicted molar refractivity (Wildman–Crippen MR) is 71.2 cm³/mol. The summed E-state index contributed by atoms with van der Waals surface area (Å²) in [7, 11) is 0. The Kier molecular flexibility index (Phi) is 2.46. The predicted octanol–water partition coefficient (Wildman–Crippen LogP) is 3.87. The van der Waals surface area contributed by atoms with E-state index in [-0.39, 0.29) is 0 Å². The Morgan fingerprint density at radius 2 is 2.00 bits per heavy atom. The summed E-state index contributed by atoms with van der Waals surface area (Å²) in [6.45, 7) is 6.60. The van der Waals surface area contributed by atoms with E-state index in [0.717, 1.165) is 11.8 Å². The van der Waals surface area contributed by atoms with Crippen LogP contribution in [0.1, 0.15) is 52.9 Å². The summed E-state index contributed by atoms with van der Waals surface area (Å²) < 4.78 is 0. The molecule has 0 spiro atoms. The van der Waals surface area contributed by atoms with Crippen LogP contribution < -0.4 is 0 Å². The van der Waals surface area contributed by atoms with E-state index in [4.69, 9.17) is 5.11 Å². The van der Waals surface area contributed by atoms with E-state index in [9.17, 15) is 4.79 Å². The second-order valence-corrected chi connectivity index (χ2v) is 7.80. The summed E-state index contributed by atoms with van der Waals surface area (Å²) >= 11 is 0. The van der Waals surface area contributed by atoms with E-state index in [0.29, 0.717) is 22.3 Å². The van der Waals surface area contributed by atoms with Crippen molar-refractivity contribution in [2.45, 2.75) is 52.9 Å². The third kappa shape index (κ3) is 1.72. The minimum absolute atomic E-state index is 0.357. The van der Waals surface area contributed by atoms with Crippen molar-refractivity contribution >= 4 is 5.97 Å². The third-order valence-corrected chi connectivity index (χ3v) is 5.84. The monoisotopic (exact) mass is 248 g/mol. The van der Waals surface area contributed by atoms with Crippen molar-refractivity contribution in [3.63, 3.8) is 0 Å². The van der Waals surface area contributed by atoms with Crippen LogP contribution in [0.2, 0.25) is 0 Å². The molecule has 5 atom stereocenters. The Bertz CT molecular complexity index is 425. The van der Waals surface area contributed by atoms with Gasteiger partial charge in [0, 0.05) is 5.57 Å². The number of carboxylic acids is 1. The molecular weight excluding hydrogens is 224 g/mol. The molecular formula is C16H24O2. The summed E-state index contributed by atoms with van der Waals surface area (Å²) in [6, 6.07) is 0. The molecule has 4 aliphatic rings. The van der Waals surface area contributed by atoms with Crippen LogP contribution in [0.3, 0.4) is 0 Å². The van der Waals surface area contributed by atoms with Crippen LogP contribution in [-0.4, -0.2) is 11.1 Å². The van der Waals surface area contributed by atoms with E-state index in [1.807, 2.05) is 0 Å². The van der Waals surface area contributed by atoms with Crippen molar-refractivity contribution in [1.82, 2.24) is 0 Å². The minimum atomic E-state index is -0.751. The largest absolute Gasteiger partial charge is 0.478 e. The Labute approximate surface area is 109 Å². The highest BCUT2D eigenvalue weighted by atomic mass is 16.4. The van der Waals surface area contributed by atoms with Crippen LogP contribution in [0.4, 0.5) is 0 Å². The van der Waals surface area contributed by atoms with E-state index in [1.54, 1.807) is 6.92 Å². The van der Waals surface area contributed by atoms with Gasteiger partial charge in [0.2, 0.25) is 0 Å². The molecule has 0 aromatic heterocycles. The quantitative estimate of drug-likeness (QED) is 0.753. The normalized spacial score (nSPS) is 50.6. The maximum atomic E-state index is 11.1. The second-order valence-electron chi connectivity index (χ2n) is 7.80. The SMILES string of the molecule is CC(=CC1C2CC3CC(C)(C2)CC1(C)C3)C(=O)O. The second kappa shape index (κ2) is 3.61. The summed E-state index contributed by atoms with van der Waals surface area (Å²) in [5, 5.41) is 9.10. The first kappa shape index (κ1) is 12.3. The highest BCUT2D eigenvalue weighted by molar-refractivity contribution is 5.85. The molecule has 4 rings (SSSR count). The van der Waals surface area contributed by atoms with E-state index >= 15 is 0 Å². The van der Waals surface area contributed by atoms with Gasteiger partial charge in [-0.2, -0.15) is 0 Å². The standard InChI is InChI=1S/C16H24O2/c1-10(14(17)18)4-13-12-5-11-6-15(2,8-12)9-16(13,3)7-11/h4,11-13H,5-9H2,1-3H3,(H,17,18). The molecule has 0 saturated heterocycles. The van der Waals surface area contributed by atoms with Gasteiger partial charge in [-0.1, -0.05) is 19.9 Å². The van der Waals surface area contributed by atoms with Crippen molar-refractivity contribution in [2.75, 3.05) is 0 Å². The zero-order valence-corrected chi connectivity index (χ0v) is 11.7. The van der Waals surface area contributed by atoms with Crippen molar-refractivity contribution in [1.29, 1.82) is 0 Å². The van der Waals surface area contributed by atoms with Gasteiger partial charge in [-0.15, -0.1) is 0 Å². The summed E-state index contributed by atoms with van der Waals surface area (Å²) in [6.07, 6.45) is 8.74. The smallest absolute Gasteiger partial charge is 0.330 e. The first-order chi connectivity index (χ1) is 8.31. The lowest BCUT2D eigenvalue weighted by molar-refractivity contribution is -0.133. The Morgan fingerprint density at radius 3 is 2.56 bits per heavy atom. The first-order valence-corrected chi connectivity index (χ1v) is 7.23. The van der Waals surface area contributed by atoms with Gasteiger partial charge in [0.25, 0.3) is 0 Å². The fraction of sp³-hybridized carbons (Fsp3) is 0.812. The number of aliphatic carboxylic acids is 1. The fourth-order valence-electron chi connectivity index (χ4n) is 5.79. The number of hydrogen-bond acceptors (Lipinski definition) is 1. The Morgan fingerprint density at radius 1 is 1.28 bits per heavy atom. The molecule has 0 radical (unpaired) electrons. The average molecular weight is 248 g/mol. The maximum absolute atomic E-state index is 11.1. The van der Waals surface area contributed by atoms with Crippen LogP contribution >= 0.6 is 0 Å². The number of allylic oxidation sites excluding steroid dienone is 1. The lowest BCUT2D eigenvalue weighted by Crippen LogP contribution is -2.54. The highest BCUT2D eigenvalue weighted by Crippen LogP contribution is 2.67. The topological polar surface area (TPSA) is 37.3 Å². The molecule has 0 aliphatic heterocycles. The first-order valence-electron chi connectivity index (χ1n) is 7.23. The van der Waals surface area contributed by atoms with Gasteiger partial charge in [-0.3, -0.25) is 0 Å². The lowest BCUT2D eigenvalue weighted by Gasteiger charge is -2.64. The molecule has 1 N–H and O–H groups in total. The minimum Gasteiger partial charge on any atom is -0.478 e. The van der Waals surface area contributed by atoms with Crippen molar-refractivity contribution in [2.24, 2.45) is 28.6 Å².